The summed E-state index contributed by atoms with van der Waals surface area (Å²) in [5.41, 5.74) is -9.23. The van der Waals surface area contributed by atoms with Gasteiger partial charge >= 0.3 is 24.1 Å². The molecule has 0 aliphatic carbocycles. The molecule has 48 heavy (non-hydrogen) atoms. The van der Waals surface area contributed by atoms with Crippen LogP contribution in [0.1, 0.15) is 99.7 Å². The second-order valence-electron chi connectivity index (χ2n) is 11.8. The third-order valence-electron chi connectivity index (χ3n) is 6.04. The van der Waals surface area contributed by atoms with Gasteiger partial charge in [0.2, 0.25) is 0 Å². The highest BCUT2D eigenvalue weighted by Crippen LogP contribution is 2.53. The molecule has 1 atom stereocenters. The number of rotatable bonds is 7. The molecule has 7 nitrogen and oxygen atoms in total. The van der Waals surface area contributed by atoms with Gasteiger partial charge in [-0.25, -0.2) is 9.18 Å². The van der Waals surface area contributed by atoms with Crippen LogP contribution in [0, 0.1) is 13.8 Å². The molecule has 0 aliphatic rings. The van der Waals surface area contributed by atoms with Gasteiger partial charge in [-0.1, -0.05) is 62.7 Å². The number of alkyl halides is 7. The van der Waals surface area contributed by atoms with Crippen molar-refractivity contribution in [3.63, 3.8) is 0 Å². The number of carbonyl (C=O) groups is 3. The maximum Gasteiger partial charge on any atom is 0.440 e. The Bertz CT molecular complexity index is 1450. The van der Waals surface area contributed by atoms with Gasteiger partial charge in [-0.3, -0.25) is 9.59 Å². The Morgan fingerprint density at radius 2 is 1.31 bits per heavy atom. The fourth-order valence-corrected chi connectivity index (χ4v) is 5.70. The number of carbonyl (C=O) groups excluding carboxylic acids is 3. The van der Waals surface area contributed by atoms with E-state index in [1.807, 2.05) is 27.7 Å². The lowest BCUT2D eigenvalue weighted by Gasteiger charge is -2.30. The van der Waals surface area contributed by atoms with Crippen molar-refractivity contribution < 1.29 is 49.9 Å². The van der Waals surface area contributed by atoms with Crippen molar-refractivity contribution >= 4 is 34.3 Å². The van der Waals surface area contributed by atoms with E-state index in [9.17, 15) is 45.1 Å². The maximum absolute atomic E-state index is 14.5. The zero-order valence-corrected chi connectivity index (χ0v) is 30.1. The van der Waals surface area contributed by atoms with Gasteiger partial charge in [0, 0.05) is 22.5 Å². The smallest absolute Gasteiger partial charge is 0.440 e. The topological polar surface area (TPSA) is 96.9 Å². The molecule has 2 rings (SSSR count). The summed E-state index contributed by atoms with van der Waals surface area (Å²) in [7, 11) is -0.857. The number of ether oxygens (including phenoxy) is 1. The number of nitrogens with one attached hydrogen (secondary N) is 2. The first-order chi connectivity index (χ1) is 21.8. The van der Waals surface area contributed by atoms with Crippen molar-refractivity contribution in [1.82, 2.24) is 5.32 Å². The van der Waals surface area contributed by atoms with Crippen LogP contribution in [0.3, 0.4) is 0 Å². The van der Waals surface area contributed by atoms with E-state index in [-0.39, 0.29) is 28.1 Å². The molecule has 0 bridgehead atoms. The molecular weight excluding hydrogens is 667 g/mol. The summed E-state index contributed by atoms with van der Waals surface area (Å²) in [4.78, 5) is 38.7. The predicted molar refractivity (Wildman–Crippen MR) is 176 cm³/mol. The molecule has 0 radical (unpaired) electrons. The number of anilines is 1. The van der Waals surface area contributed by atoms with Gasteiger partial charge in [0.25, 0.3) is 11.8 Å². The van der Waals surface area contributed by atoms with Crippen LogP contribution >= 0.6 is 0 Å². The minimum atomic E-state index is -6.29. The van der Waals surface area contributed by atoms with E-state index in [4.69, 9.17) is 4.74 Å². The van der Waals surface area contributed by atoms with Gasteiger partial charge in [-0.2, -0.15) is 30.7 Å². The highest BCUT2D eigenvalue weighted by atomic mass is 32.2. The fraction of sp³-hybridized carbons (Fsp3) is 0.545. The first-order valence-corrected chi connectivity index (χ1v) is 16.8. The average Bonchev–Trinajstić information content (AvgIpc) is 2.92. The standard InChI is InChI=1S/C29H34F7N3O4S.2C2H6/c1-16-10-9-11-19(21(16)23(41)38-26(6,7)15-44(8)39-24(42)43-25(3,4)5)22(40)37-20-13-12-18(14-17(20)2)27(30,28(31,32)33)29(34,35)36;2*1-2/h9-14H,15H2,1-8H3,(H,37,40)(H,38,41);2*1-2H3. The minimum absolute atomic E-state index is 0.0377. The molecule has 0 aliphatic heterocycles. The van der Waals surface area contributed by atoms with Crippen molar-refractivity contribution in [3.05, 3.63) is 64.2 Å². The molecule has 2 N–H and O–H groups in total. The number of amides is 3. The Labute approximate surface area is 280 Å². The molecule has 0 spiro atoms. The van der Waals surface area contributed by atoms with Crippen molar-refractivity contribution in [3.8, 4) is 0 Å². The minimum Gasteiger partial charge on any atom is -0.442 e. The molecule has 1 unspecified atom stereocenters. The lowest BCUT2D eigenvalue weighted by Crippen LogP contribution is -2.50. The van der Waals surface area contributed by atoms with Crippen LogP contribution in [0.2, 0.25) is 0 Å². The van der Waals surface area contributed by atoms with Crippen LogP contribution in [0.5, 0.6) is 0 Å². The summed E-state index contributed by atoms with van der Waals surface area (Å²) in [6, 6.07) is 5.73. The van der Waals surface area contributed by atoms with E-state index < -0.39 is 63.3 Å². The maximum atomic E-state index is 14.5. The monoisotopic (exact) mass is 713 g/mol. The van der Waals surface area contributed by atoms with Crippen LogP contribution in [0.15, 0.2) is 40.8 Å². The highest BCUT2D eigenvalue weighted by molar-refractivity contribution is 7.86. The zero-order chi connectivity index (χ0) is 38.1. The zero-order valence-electron chi connectivity index (χ0n) is 29.3. The Balaban J connectivity index is 0.00000531. The summed E-state index contributed by atoms with van der Waals surface area (Å²) < 4.78 is 103. The molecule has 2 aromatic rings. The lowest BCUT2D eigenvalue weighted by atomic mass is 9.92. The summed E-state index contributed by atoms with van der Waals surface area (Å²) in [5, 5.41) is 5.18. The highest BCUT2D eigenvalue weighted by Gasteiger charge is 2.73. The number of nitrogens with zero attached hydrogens (tertiary/aromatic N) is 1. The second kappa shape index (κ2) is 17.3. The number of halogens is 7. The summed E-state index contributed by atoms with van der Waals surface area (Å²) >= 11 is 0. The number of aryl methyl sites for hydroxylation is 2. The molecule has 0 saturated carbocycles. The Hall–Kier alpha value is -3.49. The van der Waals surface area contributed by atoms with E-state index in [1.165, 1.54) is 12.1 Å². The van der Waals surface area contributed by atoms with Crippen LogP contribution in [0.25, 0.3) is 0 Å². The number of hydrogen-bond donors (Lipinski definition) is 2. The quantitative estimate of drug-likeness (QED) is 0.279. The molecule has 15 heteroatoms. The first-order valence-electron chi connectivity index (χ1n) is 15.0. The van der Waals surface area contributed by atoms with Crippen LogP contribution in [0.4, 0.5) is 41.2 Å². The van der Waals surface area contributed by atoms with E-state index in [0.29, 0.717) is 17.7 Å². The second-order valence-corrected chi connectivity index (χ2v) is 13.5. The number of benzene rings is 2. The van der Waals surface area contributed by atoms with Crippen LogP contribution < -0.4 is 10.6 Å². The molecule has 0 saturated heterocycles. The van der Waals surface area contributed by atoms with Gasteiger partial charge in [-0.05, 0) is 78.0 Å². The van der Waals surface area contributed by atoms with Gasteiger partial charge in [0.15, 0.2) is 0 Å². The van der Waals surface area contributed by atoms with Crippen LogP contribution in [-0.4, -0.2) is 53.4 Å². The van der Waals surface area contributed by atoms with Gasteiger partial charge in [0.05, 0.1) is 11.1 Å². The number of hydrogen-bond acceptors (Lipinski definition) is 4. The Morgan fingerprint density at radius 1 is 0.792 bits per heavy atom. The largest absolute Gasteiger partial charge is 0.442 e. The predicted octanol–water partition coefficient (Wildman–Crippen LogP) is 9.77. The van der Waals surface area contributed by atoms with Crippen molar-refractivity contribution in [2.75, 3.05) is 17.3 Å². The van der Waals surface area contributed by atoms with Gasteiger partial charge < -0.3 is 15.4 Å². The summed E-state index contributed by atoms with van der Waals surface area (Å²) in [5.74, 6) is -1.30. The molecule has 0 fully saturated rings. The molecule has 0 aromatic heterocycles. The van der Waals surface area contributed by atoms with Gasteiger partial charge in [-0.15, -0.1) is 0 Å². The Kier molecular flexibility index (Phi) is 16.0. The molecule has 0 heterocycles. The molecule has 2 aromatic carbocycles. The van der Waals surface area contributed by atoms with Crippen molar-refractivity contribution in [1.29, 1.82) is 0 Å². The SMILES string of the molecule is CC.CC.Cc1cc(C(F)(C(F)(F)F)C(F)(F)F)ccc1NC(=O)c1cccc(C)c1C(=O)NC(C)(C)C/S(C)=N/C(=O)OC(C)(C)C. The third-order valence-corrected chi connectivity index (χ3v) is 7.64. The summed E-state index contributed by atoms with van der Waals surface area (Å²) in [6.07, 6.45) is -11.6. The van der Waals surface area contributed by atoms with E-state index in [0.717, 1.165) is 13.0 Å². The first kappa shape index (κ1) is 44.5. The van der Waals surface area contributed by atoms with Crippen molar-refractivity contribution in [2.24, 2.45) is 4.36 Å². The fourth-order valence-electron chi connectivity index (χ4n) is 4.22. The van der Waals surface area contributed by atoms with E-state index in [1.54, 1.807) is 53.9 Å². The van der Waals surface area contributed by atoms with E-state index in [2.05, 4.69) is 15.0 Å². The molecule has 272 valence electrons. The van der Waals surface area contributed by atoms with Gasteiger partial charge in [0.1, 0.15) is 5.60 Å². The van der Waals surface area contributed by atoms with Crippen molar-refractivity contribution in [2.45, 2.75) is 105 Å². The third kappa shape index (κ3) is 11.9. The summed E-state index contributed by atoms with van der Waals surface area (Å²) in [6.45, 7) is 19.1. The van der Waals surface area contributed by atoms with Crippen LogP contribution in [-0.2, 0) is 21.1 Å². The van der Waals surface area contributed by atoms with E-state index >= 15 is 0 Å². The normalized spacial score (nSPS) is 12.9. The molecule has 3 amide bonds. The average molecular weight is 714 g/mol. The Morgan fingerprint density at radius 3 is 1.77 bits per heavy atom. The lowest BCUT2D eigenvalue weighted by molar-refractivity contribution is -0.348. The molecular formula is C33H46F7N3O4S.